The summed E-state index contributed by atoms with van der Waals surface area (Å²) in [4.78, 5) is 13.6. The van der Waals surface area contributed by atoms with E-state index >= 15 is 0 Å². The third-order valence-corrected chi connectivity index (χ3v) is 2.76. The van der Waals surface area contributed by atoms with Crippen molar-refractivity contribution in [1.82, 2.24) is 4.90 Å². The maximum absolute atomic E-state index is 12.1. The molecule has 2 aliphatic heterocycles. The number of ether oxygens (including phenoxy) is 1. The first-order valence-electron chi connectivity index (χ1n) is 6.41. The Morgan fingerprint density at radius 2 is 2.20 bits per heavy atom. The summed E-state index contributed by atoms with van der Waals surface area (Å²) in [6.07, 6.45) is 7.62. The minimum absolute atomic E-state index is 0.286. The molecule has 1 N–H and O–H groups in total. The second-order valence-electron chi connectivity index (χ2n) is 4.16. The zero-order valence-corrected chi connectivity index (χ0v) is 11.2. The summed E-state index contributed by atoms with van der Waals surface area (Å²) in [6.45, 7) is 2.04. The van der Waals surface area contributed by atoms with Crippen LogP contribution in [0.3, 0.4) is 0 Å². The van der Waals surface area contributed by atoms with Gasteiger partial charge in [0.25, 0.3) is 0 Å². The number of aliphatic hydroxyl groups is 1. The first-order chi connectivity index (χ1) is 9.72. The summed E-state index contributed by atoms with van der Waals surface area (Å²) in [7, 11) is 0. The summed E-state index contributed by atoms with van der Waals surface area (Å²) in [5.74, 6) is 11.1. The number of rotatable bonds is 1. The lowest BCUT2D eigenvalue weighted by Gasteiger charge is -2.30. The van der Waals surface area contributed by atoms with Crippen LogP contribution in [-0.2, 0) is 4.74 Å². The summed E-state index contributed by atoms with van der Waals surface area (Å²) in [6, 6.07) is -0.399. The van der Waals surface area contributed by atoms with Crippen molar-refractivity contribution >= 4 is 6.09 Å². The van der Waals surface area contributed by atoms with Crippen molar-refractivity contribution in [1.29, 1.82) is 0 Å². The number of carbonyl (C=O) groups is 1. The molecule has 102 valence electrons. The Labute approximate surface area is 118 Å². The third kappa shape index (κ3) is 3.32. The normalized spacial score (nSPS) is 27.7. The van der Waals surface area contributed by atoms with E-state index in [2.05, 4.69) is 23.7 Å². The molecule has 0 saturated carbocycles. The van der Waals surface area contributed by atoms with Gasteiger partial charge in [0.05, 0.1) is 6.61 Å². The van der Waals surface area contributed by atoms with Crippen LogP contribution in [0.4, 0.5) is 4.79 Å². The smallest absolute Gasteiger partial charge is 0.415 e. The Morgan fingerprint density at radius 1 is 1.45 bits per heavy atom. The van der Waals surface area contributed by atoms with Gasteiger partial charge >= 0.3 is 6.09 Å². The lowest BCUT2D eigenvalue weighted by atomic mass is 10.1. The fraction of sp³-hybridized carbons (Fsp3) is 0.312. The van der Waals surface area contributed by atoms with Gasteiger partial charge in [0.15, 0.2) is 0 Å². The lowest BCUT2D eigenvalue weighted by molar-refractivity contribution is 0.114. The van der Waals surface area contributed by atoms with E-state index in [9.17, 15) is 9.90 Å². The molecule has 0 fully saturated rings. The molecule has 0 aromatic heterocycles. The molecule has 1 amide bonds. The van der Waals surface area contributed by atoms with E-state index < -0.39 is 18.2 Å². The fourth-order valence-corrected chi connectivity index (χ4v) is 1.94. The van der Waals surface area contributed by atoms with Gasteiger partial charge in [-0.2, -0.15) is 0 Å². The Hall–Kier alpha value is -2.43. The highest BCUT2D eigenvalue weighted by atomic mass is 16.6. The van der Waals surface area contributed by atoms with Crippen LogP contribution in [0.1, 0.15) is 13.3 Å². The number of aliphatic hydroxyl groups excluding tert-OH is 1. The molecule has 0 saturated heterocycles. The molecule has 4 nitrogen and oxygen atoms in total. The van der Waals surface area contributed by atoms with Crippen molar-refractivity contribution in [3.8, 4) is 23.7 Å². The van der Waals surface area contributed by atoms with Crippen molar-refractivity contribution in [2.24, 2.45) is 0 Å². The maximum atomic E-state index is 12.1. The van der Waals surface area contributed by atoms with Gasteiger partial charge in [-0.3, -0.25) is 4.90 Å². The molecule has 2 aliphatic rings. The molecule has 2 heterocycles. The van der Waals surface area contributed by atoms with Crippen molar-refractivity contribution in [2.45, 2.75) is 25.5 Å². The first-order valence-corrected chi connectivity index (χ1v) is 6.41. The van der Waals surface area contributed by atoms with Crippen LogP contribution in [-0.4, -0.2) is 34.9 Å². The lowest BCUT2D eigenvalue weighted by Crippen LogP contribution is -2.40. The summed E-state index contributed by atoms with van der Waals surface area (Å²) in [5.41, 5.74) is 0.647. The van der Waals surface area contributed by atoms with Gasteiger partial charge in [-0.15, -0.1) is 0 Å². The highest BCUT2D eigenvalue weighted by molar-refractivity contribution is 5.72. The molecule has 20 heavy (non-hydrogen) atoms. The minimum atomic E-state index is -0.933. The van der Waals surface area contributed by atoms with Gasteiger partial charge in [-0.1, -0.05) is 35.8 Å². The van der Waals surface area contributed by atoms with Crippen LogP contribution >= 0.6 is 0 Å². The minimum Gasteiger partial charge on any atom is -0.449 e. The van der Waals surface area contributed by atoms with E-state index in [1.54, 1.807) is 25.2 Å². The molecule has 2 unspecified atom stereocenters. The number of amides is 1. The molecule has 0 aliphatic carbocycles. The van der Waals surface area contributed by atoms with Crippen LogP contribution in [0.2, 0.25) is 0 Å². The SMILES string of the molecule is CCOC(=O)N1/C2=C\C(O)C#C/C=C\C#CC1C=CC2. The van der Waals surface area contributed by atoms with Crippen LogP contribution < -0.4 is 0 Å². The van der Waals surface area contributed by atoms with Gasteiger partial charge in [0.2, 0.25) is 0 Å². The molecule has 0 aromatic carbocycles. The number of carbonyl (C=O) groups excluding carboxylic acids is 1. The molecular weight excluding hydrogens is 254 g/mol. The molecule has 2 rings (SSSR count). The largest absolute Gasteiger partial charge is 0.449 e. The van der Waals surface area contributed by atoms with E-state index in [1.165, 1.54) is 4.90 Å². The van der Waals surface area contributed by atoms with Gasteiger partial charge in [-0.25, -0.2) is 4.79 Å². The molecule has 0 radical (unpaired) electrons. The molecule has 2 atom stereocenters. The monoisotopic (exact) mass is 269 g/mol. The van der Waals surface area contributed by atoms with Crippen LogP contribution in [0, 0.1) is 23.7 Å². The summed E-state index contributed by atoms with van der Waals surface area (Å²) in [5, 5.41) is 9.84. The van der Waals surface area contributed by atoms with E-state index in [4.69, 9.17) is 4.74 Å². The van der Waals surface area contributed by atoms with Crippen LogP contribution in [0.25, 0.3) is 0 Å². The zero-order chi connectivity index (χ0) is 14.4. The van der Waals surface area contributed by atoms with E-state index in [0.717, 1.165) is 0 Å². The molecule has 2 bridgehead atoms. The number of nitrogens with zero attached hydrogens (tertiary/aromatic N) is 1. The predicted molar refractivity (Wildman–Crippen MR) is 75.2 cm³/mol. The quantitative estimate of drug-likeness (QED) is 0.581. The Morgan fingerprint density at radius 3 is 2.95 bits per heavy atom. The topological polar surface area (TPSA) is 49.8 Å². The Kier molecular flexibility index (Phi) is 4.65. The van der Waals surface area contributed by atoms with Crippen LogP contribution in [0.5, 0.6) is 0 Å². The van der Waals surface area contributed by atoms with E-state index in [0.29, 0.717) is 12.1 Å². The van der Waals surface area contributed by atoms with Gasteiger partial charge in [-0.05, 0) is 25.2 Å². The van der Waals surface area contributed by atoms with Crippen molar-refractivity contribution < 1.29 is 14.6 Å². The fourth-order valence-electron chi connectivity index (χ4n) is 1.94. The number of allylic oxidation sites excluding steroid dienone is 3. The Balaban J connectivity index is 2.44. The number of fused-ring (bicyclic) bond motifs is 2. The average Bonchev–Trinajstić information content (AvgIpc) is 2.44. The molecule has 4 heteroatoms. The van der Waals surface area contributed by atoms with Crippen LogP contribution in [0.15, 0.2) is 36.1 Å². The highest BCUT2D eigenvalue weighted by Crippen LogP contribution is 2.22. The number of hydrogen-bond acceptors (Lipinski definition) is 3. The molecular formula is C16H15NO3. The van der Waals surface area contributed by atoms with Gasteiger partial charge < -0.3 is 9.84 Å². The van der Waals surface area contributed by atoms with E-state index in [-0.39, 0.29) is 6.61 Å². The van der Waals surface area contributed by atoms with E-state index in [1.807, 2.05) is 12.2 Å². The molecule has 0 spiro atoms. The zero-order valence-electron chi connectivity index (χ0n) is 11.2. The second kappa shape index (κ2) is 6.65. The Bertz CT molecular complexity index is 593. The first kappa shape index (κ1) is 14.0. The van der Waals surface area contributed by atoms with Gasteiger partial charge in [0, 0.05) is 12.1 Å². The maximum Gasteiger partial charge on any atom is 0.415 e. The number of hydrogen-bond donors (Lipinski definition) is 1. The summed E-state index contributed by atoms with van der Waals surface area (Å²) >= 11 is 0. The molecule has 0 aromatic rings. The summed E-state index contributed by atoms with van der Waals surface area (Å²) < 4.78 is 5.06. The van der Waals surface area contributed by atoms with Gasteiger partial charge in [0.1, 0.15) is 12.1 Å². The second-order valence-corrected chi connectivity index (χ2v) is 4.16. The van der Waals surface area contributed by atoms with Crippen molar-refractivity contribution in [2.75, 3.05) is 6.61 Å². The van der Waals surface area contributed by atoms with Crippen molar-refractivity contribution in [3.05, 3.63) is 36.1 Å². The standard InChI is InChI=1S/C16H15NO3/c1-2-20-16(19)17-13-8-5-3-4-6-11-15(18)12-14(17)10-7-9-13/h3-4,7,9,12-13,15,18H,2,10H2,1H3/b4-3-,14-12-. The van der Waals surface area contributed by atoms with Crippen molar-refractivity contribution in [3.63, 3.8) is 0 Å². The average molecular weight is 269 g/mol. The third-order valence-electron chi connectivity index (χ3n) is 2.76. The predicted octanol–water partition coefficient (Wildman–Crippen LogP) is 1.59. The highest BCUT2D eigenvalue weighted by Gasteiger charge is 2.28.